The van der Waals surface area contributed by atoms with E-state index >= 15 is 0 Å². The van der Waals surface area contributed by atoms with E-state index in [-0.39, 0.29) is 18.1 Å². The van der Waals surface area contributed by atoms with Crippen molar-refractivity contribution in [3.63, 3.8) is 0 Å². The summed E-state index contributed by atoms with van der Waals surface area (Å²) in [6.07, 6.45) is 1.27. The van der Waals surface area contributed by atoms with Gasteiger partial charge < -0.3 is 14.9 Å². The van der Waals surface area contributed by atoms with E-state index in [1.807, 2.05) is 0 Å². The van der Waals surface area contributed by atoms with Gasteiger partial charge in [-0.3, -0.25) is 14.4 Å². The second-order valence-electron chi connectivity index (χ2n) is 5.44. The van der Waals surface area contributed by atoms with Crippen LogP contribution in [0.25, 0.3) is 0 Å². The standard InChI is InChI=1S/C12H17N5O4/c1-12(2)11(21)15(3)4-5-17(12)10(20)8-6-16(14-13-8)7-9(18)19/h6H,4-5,7H2,1-3H3,(H,18,19). The maximum Gasteiger partial charge on any atom is 0.325 e. The summed E-state index contributed by atoms with van der Waals surface area (Å²) in [5.74, 6) is -1.66. The predicted molar refractivity (Wildman–Crippen MR) is 70.4 cm³/mol. The van der Waals surface area contributed by atoms with Crippen LogP contribution in [-0.2, 0) is 16.1 Å². The summed E-state index contributed by atoms with van der Waals surface area (Å²) in [6.45, 7) is 3.80. The van der Waals surface area contributed by atoms with E-state index in [0.717, 1.165) is 4.68 Å². The molecule has 0 unspecified atom stereocenters. The number of carboxylic acids is 1. The minimum absolute atomic E-state index is 0.0293. The fourth-order valence-corrected chi connectivity index (χ4v) is 2.32. The molecule has 1 aromatic heterocycles. The zero-order valence-electron chi connectivity index (χ0n) is 12.1. The van der Waals surface area contributed by atoms with Gasteiger partial charge in [0.25, 0.3) is 5.91 Å². The minimum atomic E-state index is -1.07. The summed E-state index contributed by atoms with van der Waals surface area (Å²) >= 11 is 0. The molecule has 1 aliphatic heterocycles. The Labute approximate surface area is 121 Å². The van der Waals surface area contributed by atoms with Gasteiger partial charge >= 0.3 is 5.97 Å². The fourth-order valence-electron chi connectivity index (χ4n) is 2.32. The van der Waals surface area contributed by atoms with Crippen LogP contribution in [0.3, 0.4) is 0 Å². The Morgan fingerprint density at radius 3 is 2.67 bits per heavy atom. The van der Waals surface area contributed by atoms with Gasteiger partial charge in [-0.2, -0.15) is 0 Å². The lowest BCUT2D eigenvalue weighted by Crippen LogP contribution is -2.63. The molecule has 2 amide bonds. The topological polar surface area (TPSA) is 109 Å². The van der Waals surface area contributed by atoms with Gasteiger partial charge in [0.2, 0.25) is 5.91 Å². The normalized spacial score (nSPS) is 18.0. The van der Waals surface area contributed by atoms with E-state index < -0.39 is 17.4 Å². The van der Waals surface area contributed by atoms with E-state index in [4.69, 9.17) is 5.11 Å². The molecular formula is C12H17N5O4. The number of nitrogens with zero attached hydrogens (tertiary/aromatic N) is 5. The lowest BCUT2D eigenvalue weighted by molar-refractivity contribution is -0.144. The number of carbonyl (C=O) groups excluding carboxylic acids is 2. The van der Waals surface area contributed by atoms with Crippen molar-refractivity contribution in [2.45, 2.75) is 25.9 Å². The van der Waals surface area contributed by atoms with E-state index in [1.165, 1.54) is 11.1 Å². The molecule has 0 aromatic carbocycles. The molecule has 9 heteroatoms. The second kappa shape index (κ2) is 5.15. The number of rotatable bonds is 3. The van der Waals surface area contributed by atoms with Crippen LogP contribution in [0.5, 0.6) is 0 Å². The molecule has 1 N–H and O–H groups in total. The number of hydrogen-bond acceptors (Lipinski definition) is 5. The first-order chi connectivity index (χ1) is 9.73. The minimum Gasteiger partial charge on any atom is -0.480 e. The molecule has 2 heterocycles. The molecule has 0 atom stereocenters. The van der Waals surface area contributed by atoms with Crippen molar-refractivity contribution < 1.29 is 19.5 Å². The van der Waals surface area contributed by atoms with Gasteiger partial charge in [0.15, 0.2) is 5.69 Å². The Hall–Kier alpha value is -2.45. The molecule has 0 spiro atoms. The van der Waals surface area contributed by atoms with Crippen molar-refractivity contribution in [3.8, 4) is 0 Å². The lowest BCUT2D eigenvalue weighted by atomic mass is 9.97. The number of aromatic nitrogens is 3. The van der Waals surface area contributed by atoms with Crippen molar-refractivity contribution in [2.75, 3.05) is 20.1 Å². The van der Waals surface area contributed by atoms with Crippen molar-refractivity contribution in [1.29, 1.82) is 0 Å². The van der Waals surface area contributed by atoms with Gasteiger partial charge in [0.1, 0.15) is 12.1 Å². The van der Waals surface area contributed by atoms with Gasteiger partial charge in [-0.1, -0.05) is 5.21 Å². The van der Waals surface area contributed by atoms with Gasteiger partial charge in [-0.25, -0.2) is 4.68 Å². The number of aliphatic carboxylic acids is 1. The molecule has 2 rings (SSSR count). The smallest absolute Gasteiger partial charge is 0.325 e. The van der Waals surface area contributed by atoms with Crippen molar-refractivity contribution in [1.82, 2.24) is 24.8 Å². The Morgan fingerprint density at radius 2 is 2.05 bits per heavy atom. The van der Waals surface area contributed by atoms with Crippen LogP contribution in [0, 0.1) is 0 Å². The molecule has 1 aromatic rings. The van der Waals surface area contributed by atoms with Crippen molar-refractivity contribution >= 4 is 17.8 Å². The largest absolute Gasteiger partial charge is 0.480 e. The Bertz CT molecular complexity index is 594. The monoisotopic (exact) mass is 295 g/mol. The van der Waals surface area contributed by atoms with Crippen LogP contribution >= 0.6 is 0 Å². The third-order valence-electron chi connectivity index (χ3n) is 3.50. The number of piperazine rings is 1. The first kappa shape index (κ1) is 14.9. The molecule has 0 bridgehead atoms. The third kappa shape index (κ3) is 2.71. The second-order valence-corrected chi connectivity index (χ2v) is 5.44. The number of hydrogen-bond donors (Lipinski definition) is 1. The van der Waals surface area contributed by atoms with Crippen LogP contribution in [0.2, 0.25) is 0 Å². The zero-order valence-corrected chi connectivity index (χ0v) is 12.1. The number of carboxylic acid groups (broad SMARTS) is 1. The summed E-state index contributed by atoms with van der Waals surface area (Å²) in [5, 5.41) is 16.0. The third-order valence-corrected chi connectivity index (χ3v) is 3.50. The Morgan fingerprint density at radius 1 is 1.38 bits per heavy atom. The molecule has 0 aliphatic carbocycles. The lowest BCUT2D eigenvalue weighted by Gasteiger charge is -2.44. The SMILES string of the molecule is CN1CCN(C(=O)c2cn(CC(=O)O)nn2)C(C)(C)C1=O. The van der Waals surface area contributed by atoms with Gasteiger partial charge in [0.05, 0.1) is 6.20 Å². The van der Waals surface area contributed by atoms with E-state index in [2.05, 4.69) is 10.3 Å². The predicted octanol–water partition coefficient (Wildman–Crippen LogP) is -0.944. The van der Waals surface area contributed by atoms with Gasteiger partial charge in [-0.05, 0) is 13.8 Å². The van der Waals surface area contributed by atoms with Crippen molar-refractivity contribution in [3.05, 3.63) is 11.9 Å². The molecule has 21 heavy (non-hydrogen) atoms. The first-order valence-corrected chi connectivity index (χ1v) is 6.43. The average molecular weight is 295 g/mol. The number of carbonyl (C=O) groups is 3. The molecule has 1 fully saturated rings. The Kier molecular flexibility index (Phi) is 3.67. The summed E-state index contributed by atoms with van der Waals surface area (Å²) in [7, 11) is 1.69. The van der Waals surface area contributed by atoms with Crippen LogP contribution in [0.1, 0.15) is 24.3 Å². The number of likely N-dealkylation sites (N-methyl/N-ethyl adjacent to an activating group) is 1. The summed E-state index contributed by atoms with van der Waals surface area (Å²) in [5.41, 5.74) is -0.942. The molecule has 1 aliphatic rings. The molecule has 0 radical (unpaired) electrons. The van der Waals surface area contributed by atoms with Gasteiger partial charge in [-0.15, -0.1) is 5.10 Å². The van der Waals surface area contributed by atoms with E-state index in [0.29, 0.717) is 13.1 Å². The fraction of sp³-hybridized carbons (Fsp3) is 0.583. The Balaban J connectivity index is 2.21. The van der Waals surface area contributed by atoms with Crippen LogP contribution in [0.4, 0.5) is 0 Å². The molecular weight excluding hydrogens is 278 g/mol. The number of amides is 2. The van der Waals surface area contributed by atoms with E-state index in [9.17, 15) is 14.4 Å². The van der Waals surface area contributed by atoms with Gasteiger partial charge in [0, 0.05) is 20.1 Å². The summed E-state index contributed by atoms with van der Waals surface area (Å²) in [6, 6.07) is 0. The highest BCUT2D eigenvalue weighted by Crippen LogP contribution is 2.23. The van der Waals surface area contributed by atoms with E-state index in [1.54, 1.807) is 25.8 Å². The van der Waals surface area contributed by atoms with Crippen LogP contribution in [0.15, 0.2) is 6.20 Å². The van der Waals surface area contributed by atoms with Crippen LogP contribution < -0.4 is 0 Å². The quantitative estimate of drug-likeness (QED) is 0.770. The first-order valence-electron chi connectivity index (χ1n) is 6.43. The highest BCUT2D eigenvalue weighted by atomic mass is 16.4. The molecule has 114 valence electrons. The summed E-state index contributed by atoms with van der Waals surface area (Å²) < 4.78 is 1.07. The van der Waals surface area contributed by atoms with Crippen LogP contribution in [-0.4, -0.2) is 73.4 Å². The average Bonchev–Trinajstić information content (AvgIpc) is 2.83. The maximum atomic E-state index is 12.5. The summed E-state index contributed by atoms with van der Waals surface area (Å²) in [4.78, 5) is 38.2. The van der Waals surface area contributed by atoms with Crippen molar-refractivity contribution in [2.24, 2.45) is 0 Å². The highest BCUT2D eigenvalue weighted by Gasteiger charge is 2.43. The highest BCUT2D eigenvalue weighted by molar-refractivity contribution is 5.98. The molecule has 0 saturated carbocycles. The zero-order chi connectivity index (χ0) is 15.8. The molecule has 1 saturated heterocycles. The molecule has 9 nitrogen and oxygen atoms in total. The maximum absolute atomic E-state index is 12.5.